The SMILES string of the molecule is C[C@H](CBr)C(=O)OC(C)(C)C. The Hall–Kier alpha value is -0.0500. The number of alkyl halides is 1. The monoisotopic (exact) mass is 222 g/mol. The van der Waals surface area contributed by atoms with Gasteiger partial charge in [0.15, 0.2) is 0 Å². The molecule has 0 aliphatic rings. The third-order valence-electron chi connectivity index (χ3n) is 1.04. The quantitative estimate of drug-likeness (QED) is 0.530. The fourth-order valence-electron chi connectivity index (χ4n) is 0.465. The van der Waals surface area contributed by atoms with E-state index in [9.17, 15) is 4.79 Å². The van der Waals surface area contributed by atoms with Crippen LogP contribution in [-0.4, -0.2) is 16.9 Å². The molecule has 0 aromatic carbocycles. The Morgan fingerprint density at radius 2 is 2.00 bits per heavy atom. The highest BCUT2D eigenvalue weighted by Crippen LogP contribution is 2.12. The van der Waals surface area contributed by atoms with Gasteiger partial charge < -0.3 is 4.74 Å². The van der Waals surface area contributed by atoms with Crippen molar-refractivity contribution in [1.82, 2.24) is 0 Å². The first-order chi connectivity index (χ1) is 4.87. The van der Waals surface area contributed by atoms with Crippen molar-refractivity contribution in [1.29, 1.82) is 0 Å². The first kappa shape index (κ1) is 11.0. The fourth-order valence-corrected chi connectivity index (χ4v) is 0.730. The molecule has 2 nitrogen and oxygen atoms in total. The highest BCUT2D eigenvalue weighted by atomic mass is 79.9. The molecule has 3 heteroatoms. The van der Waals surface area contributed by atoms with E-state index in [0.29, 0.717) is 5.33 Å². The third-order valence-corrected chi connectivity index (χ3v) is 2.01. The van der Waals surface area contributed by atoms with E-state index in [2.05, 4.69) is 15.9 Å². The van der Waals surface area contributed by atoms with Crippen LogP contribution in [0, 0.1) is 5.92 Å². The summed E-state index contributed by atoms with van der Waals surface area (Å²) in [7, 11) is 0. The topological polar surface area (TPSA) is 26.3 Å². The normalized spacial score (nSPS) is 14.3. The van der Waals surface area contributed by atoms with Crippen molar-refractivity contribution in [3.05, 3.63) is 0 Å². The van der Waals surface area contributed by atoms with Crippen LogP contribution < -0.4 is 0 Å². The summed E-state index contributed by atoms with van der Waals surface area (Å²) < 4.78 is 5.12. The Bertz CT molecular complexity index is 138. The van der Waals surface area contributed by atoms with Gasteiger partial charge >= 0.3 is 5.97 Å². The molecule has 0 spiro atoms. The van der Waals surface area contributed by atoms with Gasteiger partial charge in [0.2, 0.25) is 0 Å². The molecule has 0 aromatic heterocycles. The molecule has 11 heavy (non-hydrogen) atoms. The van der Waals surface area contributed by atoms with Crippen LogP contribution in [0.3, 0.4) is 0 Å². The van der Waals surface area contributed by atoms with Crippen LogP contribution in [0.4, 0.5) is 0 Å². The first-order valence-corrected chi connectivity index (χ1v) is 4.78. The summed E-state index contributed by atoms with van der Waals surface area (Å²) in [5.41, 5.74) is -0.368. The molecule has 0 unspecified atom stereocenters. The summed E-state index contributed by atoms with van der Waals surface area (Å²) in [5.74, 6) is -0.205. The summed E-state index contributed by atoms with van der Waals surface area (Å²) in [6.07, 6.45) is 0. The lowest BCUT2D eigenvalue weighted by Gasteiger charge is -2.21. The van der Waals surface area contributed by atoms with E-state index in [-0.39, 0.29) is 17.5 Å². The number of esters is 1. The van der Waals surface area contributed by atoms with Crippen LogP contribution in [-0.2, 0) is 9.53 Å². The van der Waals surface area contributed by atoms with Crippen molar-refractivity contribution in [3.8, 4) is 0 Å². The highest BCUT2D eigenvalue weighted by Gasteiger charge is 2.20. The maximum atomic E-state index is 11.1. The van der Waals surface area contributed by atoms with E-state index in [0.717, 1.165) is 0 Å². The fraction of sp³-hybridized carbons (Fsp3) is 0.875. The van der Waals surface area contributed by atoms with Crippen LogP contribution >= 0.6 is 15.9 Å². The summed E-state index contributed by atoms with van der Waals surface area (Å²) in [4.78, 5) is 11.1. The van der Waals surface area contributed by atoms with Crippen molar-refractivity contribution in [3.63, 3.8) is 0 Å². The van der Waals surface area contributed by atoms with E-state index < -0.39 is 0 Å². The number of ether oxygens (including phenoxy) is 1. The Kier molecular flexibility index (Phi) is 4.08. The van der Waals surface area contributed by atoms with E-state index in [4.69, 9.17) is 4.74 Å². The second-order valence-corrected chi connectivity index (χ2v) is 4.24. The van der Waals surface area contributed by atoms with Crippen LogP contribution in [0.15, 0.2) is 0 Å². The molecule has 0 saturated heterocycles. The third kappa shape index (κ3) is 5.24. The Morgan fingerprint density at radius 3 is 2.27 bits per heavy atom. The van der Waals surface area contributed by atoms with E-state index >= 15 is 0 Å². The number of carbonyl (C=O) groups is 1. The van der Waals surface area contributed by atoms with Gasteiger partial charge in [-0.1, -0.05) is 22.9 Å². The molecule has 0 aliphatic carbocycles. The van der Waals surface area contributed by atoms with E-state index in [1.54, 1.807) is 0 Å². The molecule has 0 aliphatic heterocycles. The van der Waals surface area contributed by atoms with Crippen molar-refractivity contribution in [2.45, 2.75) is 33.3 Å². The van der Waals surface area contributed by atoms with Gasteiger partial charge in [-0.3, -0.25) is 4.79 Å². The molecular weight excluding hydrogens is 208 g/mol. The molecule has 0 bridgehead atoms. The molecule has 1 atom stereocenters. The predicted molar refractivity (Wildman–Crippen MR) is 48.8 cm³/mol. The van der Waals surface area contributed by atoms with Crippen molar-refractivity contribution >= 4 is 21.9 Å². The van der Waals surface area contributed by atoms with Gasteiger partial charge in [-0.2, -0.15) is 0 Å². The lowest BCUT2D eigenvalue weighted by Crippen LogP contribution is -2.28. The second-order valence-electron chi connectivity index (χ2n) is 3.59. The van der Waals surface area contributed by atoms with Crippen molar-refractivity contribution in [2.24, 2.45) is 5.92 Å². The number of hydrogen-bond donors (Lipinski definition) is 0. The molecule has 0 rings (SSSR count). The zero-order chi connectivity index (χ0) is 9.07. The van der Waals surface area contributed by atoms with Crippen molar-refractivity contribution in [2.75, 3.05) is 5.33 Å². The van der Waals surface area contributed by atoms with Gasteiger partial charge in [0.1, 0.15) is 5.60 Å². The average Bonchev–Trinajstić information content (AvgIpc) is 1.82. The average molecular weight is 223 g/mol. The Morgan fingerprint density at radius 1 is 1.55 bits per heavy atom. The van der Waals surface area contributed by atoms with E-state index in [1.807, 2.05) is 27.7 Å². The van der Waals surface area contributed by atoms with E-state index in [1.165, 1.54) is 0 Å². The summed E-state index contributed by atoms with van der Waals surface area (Å²) in [6, 6.07) is 0. The second kappa shape index (κ2) is 4.10. The molecule has 0 N–H and O–H groups in total. The van der Waals surface area contributed by atoms with Crippen LogP contribution in [0.1, 0.15) is 27.7 Å². The molecule has 0 heterocycles. The maximum Gasteiger partial charge on any atom is 0.310 e. The minimum atomic E-state index is -0.368. The molecule has 0 fully saturated rings. The Balaban J connectivity index is 3.88. The Labute approximate surface area is 76.4 Å². The number of carbonyl (C=O) groups excluding carboxylic acids is 1. The number of halogens is 1. The molecule has 66 valence electrons. The molecule has 0 amide bonds. The van der Waals surface area contributed by atoms with Crippen molar-refractivity contribution < 1.29 is 9.53 Å². The minimum absolute atomic E-state index is 0.0609. The lowest BCUT2D eigenvalue weighted by atomic mass is 10.1. The molecule has 0 aromatic rings. The standard InChI is InChI=1S/C8H15BrO2/c1-6(5-9)7(10)11-8(2,3)4/h6H,5H2,1-4H3/t6-/m1/s1. The van der Waals surface area contributed by atoms with Gasteiger partial charge in [-0.15, -0.1) is 0 Å². The lowest BCUT2D eigenvalue weighted by molar-refractivity contribution is -0.158. The van der Waals surface area contributed by atoms with Crippen LogP contribution in [0.5, 0.6) is 0 Å². The van der Waals surface area contributed by atoms with Gasteiger partial charge in [0.25, 0.3) is 0 Å². The van der Waals surface area contributed by atoms with Crippen LogP contribution in [0.25, 0.3) is 0 Å². The minimum Gasteiger partial charge on any atom is -0.460 e. The smallest absolute Gasteiger partial charge is 0.310 e. The summed E-state index contributed by atoms with van der Waals surface area (Å²) in [6.45, 7) is 7.44. The number of hydrogen-bond acceptors (Lipinski definition) is 2. The van der Waals surface area contributed by atoms with Gasteiger partial charge in [-0.05, 0) is 20.8 Å². The maximum absolute atomic E-state index is 11.1. The summed E-state index contributed by atoms with van der Waals surface area (Å²) >= 11 is 3.22. The molecule has 0 saturated carbocycles. The zero-order valence-corrected chi connectivity index (χ0v) is 9.06. The molecular formula is C8H15BrO2. The highest BCUT2D eigenvalue weighted by molar-refractivity contribution is 9.09. The van der Waals surface area contributed by atoms with Gasteiger partial charge in [0, 0.05) is 5.33 Å². The largest absolute Gasteiger partial charge is 0.460 e. The zero-order valence-electron chi connectivity index (χ0n) is 7.48. The van der Waals surface area contributed by atoms with Gasteiger partial charge in [-0.25, -0.2) is 0 Å². The molecule has 0 radical (unpaired) electrons. The van der Waals surface area contributed by atoms with Gasteiger partial charge in [0.05, 0.1) is 5.92 Å². The first-order valence-electron chi connectivity index (χ1n) is 3.65. The summed E-state index contributed by atoms with van der Waals surface area (Å²) in [5, 5.41) is 0.655. The van der Waals surface area contributed by atoms with Crippen LogP contribution in [0.2, 0.25) is 0 Å². The number of rotatable bonds is 2. The predicted octanol–water partition coefficient (Wildman–Crippen LogP) is 2.36.